The lowest BCUT2D eigenvalue weighted by molar-refractivity contribution is -0.125. The standard InChI is InChI=1S/C17H20N2O5S/c1-11-4-7-13(25(3,22)23)8-14(11)16(21)24-9-15(20)19-17(2,10-18)12-5-6-12/h4,7-8,12H,5-6,9H2,1-3H3,(H,19,20)/t17-/m0/s1. The van der Waals surface area contributed by atoms with Crippen molar-refractivity contribution in [3.05, 3.63) is 29.3 Å². The first-order chi connectivity index (χ1) is 11.6. The highest BCUT2D eigenvalue weighted by atomic mass is 32.2. The van der Waals surface area contributed by atoms with Gasteiger partial charge in [-0.2, -0.15) is 5.26 Å². The zero-order valence-corrected chi connectivity index (χ0v) is 15.1. The fourth-order valence-corrected chi connectivity index (χ4v) is 3.12. The molecule has 8 heteroatoms. The third-order valence-corrected chi connectivity index (χ3v) is 5.33. The summed E-state index contributed by atoms with van der Waals surface area (Å²) in [5.41, 5.74) is -0.339. The van der Waals surface area contributed by atoms with Crippen LogP contribution in [0.2, 0.25) is 0 Å². The Morgan fingerprint density at radius 2 is 2.04 bits per heavy atom. The number of rotatable bonds is 6. The lowest BCUT2D eigenvalue weighted by Gasteiger charge is -2.22. The van der Waals surface area contributed by atoms with E-state index in [0.717, 1.165) is 19.1 Å². The molecule has 1 aliphatic carbocycles. The highest BCUT2D eigenvalue weighted by Crippen LogP contribution is 2.39. The molecule has 1 saturated carbocycles. The number of nitrogens with zero attached hydrogens (tertiary/aromatic N) is 1. The van der Waals surface area contributed by atoms with Gasteiger partial charge in [0, 0.05) is 6.26 Å². The number of amides is 1. The van der Waals surface area contributed by atoms with Gasteiger partial charge in [-0.05, 0) is 50.3 Å². The van der Waals surface area contributed by atoms with Gasteiger partial charge in [-0.1, -0.05) is 6.07 Å². The number of carbonyl (C=O) groups excluding carboxylic acids is 2. The molecule has 0 aromatic heterocycles. The molecule has 1 aliphatic rings. The predicted octanol–water partition coefficient (Wildman–Crippen LogP) is 1.36. The minimum atomic E-state index is -3.46. The number of hydrogen-bond acceptors (Lipinski definition) is 6. The molecule has 0 bridgehead atoms. The van der Waals surface area contributed by atoms with Gasteiger partial charge in [-0.15, -0.1) is 0 Å². The second kappa shape index (κ2) is 6.84. The van der Waals surface area contributed by atoms with Crippen LogP contribution in [0.5, 0.6) is 0 Å². The van der Waals surface area contributed by atoms with Gasteiger partial charge in [0.2, 0.25) is 0 Å². The molecular formula is C17H20N2O5S. The Balaban J connectivity index is 2.03. The quantitative estimate of drug-likeness (QED) is 0.763. The van der Waals surface area contributed by atoms with E-state index >= 15 is 0 Å². The van der Waals surface area contributed by atoms with Gasteiger partial charge >= 0.3 is 5.97 Å². The SMILES string of the molecule is Cc1ccc(S(C)(=O)=O)cc1C(=O)OCC(=O)N[C@@](C)(C#N)C1CC1. The summed E-state index contributed by atoms with van der Waals surface area (Å²) >= 11 is 0. The van der Waals surface area contributed by atoms with E-state index in [0.29, 0.717) is 5.56 Å². The van der Waals surface area contributed by atoms with E-state index in [2.05, 4.69) is 11.4 Å². The zero-order valence-electron chi connectivity index (χ0n) is 14.3. The van der Waals surface area contributed by atoms with Gasteiger partial charge in [-0.3, -0.25) is 4.79 Å². The van der Waals surface area contributed by atoms with Crippen LogP contribution < -0.4 is 5.32 Å². The van der Waals surface area contributed by atoms with Crippen LogP contribution in [-0.4, -0.2) is 38.7 Å². The normalized spacial score (nSPS) is 16.4. The minimum Gasteiger partial charge on any atom is -0.452 e. The monoisotopic (exact) mass is 364 g/mol. The number of benzene rings is 1. The van der Waals surface area contributed by atoms with Crippen molar-refractivity contribution in [3.8, 4) is 6.07 Å². The van der Waals surface area contributed by atoms with Gasteiger partial charge < -0.3 is 10.1 Å². The Hall–Kier alpha value is -2.40. The average molecular weight is 364 g/mol. The van der Waals surface area contributed by atoms with Gasteiger partial charge in [0.15, 0.2) is 16.4 Å². The van der Waals surface area contributed by atoms with E-state index in [1.165, 1.54) is 18.2 Å². The largest absolute Gasteiger partial charge is 0.452 e. The van der Waals surface area contributed by atoms with Crippen LogP contribution in [0.25, 0.3) is 0 Å². The summed E-state index contributed by atoms with van der Waals surface area (Å²) in [5.74, 6) is -1.24. The summed E-state index contributed by atoms with van der Waals surface area (Å²) < 4.78 is 28.2. The van der Waals surface area contributed by atoms with E-state index in [-0.39, 0.29) is 16.4 Å². The molecule has 134 valence electrons. The molecule has 0 aliphatic heterocycles. The zero-order chi connectivity index (χ0) is 18.8. The van der Waals surface area contributed by atoms with E-state index < -0.39 is 33.9 Å². The Morgan fingerprint density at radius 1 is 1.40 bits per heavy atom. The Bertz CT molecular complexity index is 852. The van der Waals surface area contributed by atoms with E-state index in [4.69, 9.17) is 4.74 Å². The van der Waals surface area contributed by atoms with E-state index in [1.54, 1.807) is 13.8 Å². The summed E-state index contributed by atoms with van der Waals surface area (Å²) in [7, 11) is -3.46. The van der Waals surface area contributed by atoms with Crippen LogP contribution in [0, 0.1) is 24.2 Å². The number of hydrogen-bond donors (Lipinski definition) is 1. The maximum absolute atomic E-state index is 12.2. The highest BCUT2D eigenvalue weighted by molar-refractivity contribution is 7.90. The minimum absolute atomic E-state index is 0.000269. The van der Waals surface area contributed by atoms with Crippen molar-refractivity contribution in [2.75, 3.05) is 12.9 Å². The number of nitrogens with one attached hydrogen (secondary N) is 1. The Labute approximate surface area is 146 Å². The molecule has 0 heterocycles. The predicted molar refractivity (Wildman–Crippen MR) is 89.5 cm³/mol. The van der Waals surface area contributed by atoms with Crippen LogP contribution in [-0.2, 0) is 19.4 Å². The molecule has 1 N–H and O–H groups in total. The van der Waals surface area contributed by atoms with E-state index in [1.807, 2.05) is 0 Å². The van der Waals surface area contributed by atoms with Gasteiger partial charge in [-0.25, -0.2) is 13.2 Å². The smallest absolute Gasteiger partial charge is 0.338 e. The number of carbonyl (C=O) groups is 2. The molecular weight excluding hydrogens is 344 g/mol. The first-order valence-electron chi connectivity index (χ1n) is 7.77. The number of ether oxygens (including phenoxy) is 1. The van der Waals surface area contributed by atoms with Gasteiger partial charge in [0.25, 0.3) is 5.91 Å². The fourth-order valence-electron chi connectivity index (χ4n) is 2.47. The van der Waals surface area contributed by atoms with Crippen molar-refractivity contribution >= 4 is 21.7 Å². The number of esters is 1. The topological polar surface area (TPSA) is 113 Å². The van der Waals surface area contributed by atoms with Crippen LogP contribution >= 0.6 is 0 Å². The maximum atomic E-state index is 12.2. The number of aryl methyl sites for hydroxylation is 1. The first-order valence-corrected chi connectivity index (χ1v) is 9.66. The third kappa shape index (κ3) is 4.57. The lowest BCUT2D eigenvalue weighted by atomic mass is 9.98. The summed E-state index contributed by atoms with van der Waals surface area (Å²) in [6.45, 7) is 2.75. The average Bonchev–Trinajstić information content (AvgIpc) is 3.37. The van der Waals surface area contributed by atoms with Crippen LogP contribution in [0.4, 0.5) is 0 Å². The van der Waals surface area contributed by atoms with E-state index in [9.17, 15) is 23.3 Å². The molecule has 1 fully saturated rings. The van der Waals surface area contributed by atoms with Crippen molar-refractivity contribution in [1.29, 1.82) is 5.26 Å². The molecule has 1 atom stereocenters. The molecule has 0 unspecified atom stereocenters. The second-order valence-electron chi connectivity index (χ2n) is 6.46. The fraction of sp³-hybridized carbons (Fsp3) is 0.471. The maximum Gasteiger partial charge on any atom is 0.338 e. The Kier molecular flexibility index (Phi) is 5.18. The number of sulfone groups is 1. The molecule has 1 amide bonds. The van der Waals surface area contributed by atoms with Crippen molar-refractivity contribution in [2.24, 2.45) is 5.92 Å². The lowest BCUT2D eigenvalue weighted by Crippen LogP contribution is -2.48. The van der Waals surface area contributed by atoms with Crippen molar-refractivity contribution in [1.82, 2.24) is 5.32 Å². The second-order valence-corrected chi connectivity index (χ2v) is 8.48. The summed E-state index contributed by atoms with van der Waals surface area (Å²) in [5, 5.41) is 11.8. The molecule has 2 rings (SSSR count). The number of nitriles is 1. The van der Waals surface area contributed by atoms with Crippen LogP contribution in [0.1, 0.15) is 35.7 Å². The molecule has 1 aromatic carbocycles. The molecule has 0 saturated heterocycles. The summed E-state index contributed by atoms with van der Waals surface area (Å²) in [6.07, 6.45) is 2.80. The van der Waals surface area contributed by atoms with Crippen molar-refractivity contribution in [3.63, 3.8) is 0 Å². The van der Waals surface area contributed by atoms with Crippen LogP contribution in [0.15, 0.2) is 23.1 Å². The Morgan fingerprint density at radius 3 is 2.56 bits per heavy atom. The van der Waals surface area contributed by atoms with Gasteiger partial charge in [0.05, 0.1) is 16.5 Å². The first kappa shape index (κ1) is 18.9. The molecule has 0 spiro atoms. The summed E-state index contributed by atoms with van der Waals surface area (Å²) in [4.78, 5) is 24.1. The molecule has 25 heavy (non-hydrogen) atoms. The molecule has 0 radical (unpaired) electrons. The third-order valence-electron chi connectivity index (χ3n) is 4.22. The summed E-state index contributed by atoms with van der Waals surface area (Å²) in [6, 6.07) is 6.23. The highest BCUT2D eigenvalue weighted by Gasteiger charge is 2.43. The molecule has 7 nitrogen and oxygen atoms in total. The van der Waals surface area contributed by atoms with Crippen molar-refractivity contribution < 1.29 is 22.7 Å². The van der Waals surface area contributed by atoms with Gasteiger partial charge in [0.1, 0.15) is 5.54 Å². The van der Waals surface area contributed by atoms with Crippen LogP contribution in [0.3, 0.4) is 0 Å². The van der Waals surface area contributed by atoms with Crippen molar-refractivity contribution in [2.45, 2.75) is 37.1 Å². The molecule has 1 aromatic rings.